The zero-order valence-corrected chi connectivity index (χ0v) is 12.4. The fraction of sp³-hybridized carbons (Fsp3) is 1.00. The number of nitrogens with one attached hydrogen (secondary N) is 1. The minimum atomic E-state index is -0.0502. The number of hydrogen-bond acceptors (Lipinski definition) is 2. The van der Waals surface area contributed by atoms with Gasteiger partial charge in [0.25, 0.3) is 0 Å². The van der Waals surface area contributed by atoms with Gasteiger partial charge in [-0.1, -0.05) is 20.8 Å². The van der Waals surface area contributed by atoms with Gasteiger partial charge in [0.2, 0.25) is 0 Å². The molecule has 0 bridgehead atoms. The van der Waals surface area contributed by atoms with Crippen LogP contribution in [0.2, 0.25) is 0 Å². The van der Waals surface area contributed by atoms with E-state index >= 15 is 0 Å². The highest BCUT2D eigenvalue weighted by atomic mass is 35.5. The van der Waals surface area contributed by atoms with Gasteiger partial charge >= 0.3 is 0 Å². The van der Waals surface area contributed by atoms with E-state index in [2.05, 4.69) is 46.9 Å². The maximum atomic E-state index is 5.82. The highest BCUT2D eigenvalue weighted by Crippen LogP contribution is 2.22. The molecule has 0 aliphatic rings. The first-order chi connectivity index (χ1) is 7.17. The summed E-state index contributed by atoms with van der Waals surface area (Å²) in [7, 11) is 0. The lowest BCUT2D eigenvalue weighted by Gasteiger charge is -2.31. The van der Waals surface area contributed by atoms with Crippen LogP contribution in [-0.2, 0) is 4.74 Å². The summed E-state index contributed by atoms with van der Waals surface area (Å²) in [6, 6.07) is 0.452. The van der Waals surface area contributed by atoms with Gasteiger partial charge in [-0.15, -0.1) is 11.6 Å². The van der Waals surface area contributed by atoms with Crippen LogP contribution in [0.5, 0.6) is 0 Å². The Morgan fingerprint density at radius 2 is 1.69 bits per heavy atom. The molecule has 1 atom stereocenters. The molecule has 0 aromatic heterocycles. The van der Waals surface area contributed by atoms with Gasteiger partial charge in [-0.3, -0.25) is 0 Å². The lowest BCUT2D eigenvalue weighted by atomic mass is 9.85. The Morgan fingerprint density at radius 3 is 2.06 bits per heavy atom. The van der Waals surface area contributed by atoms with Crippen LogP contribution in [0.25, 0.3) is 0 Å². The van der Waals surface area contributed by atoms with Crippen molar-refractivity contribution in [1.29, 1.82) is 0 Å². The zero-order valence-electron chi connectivity index (χ0n) is 11.7. The Labute approximate surface area is 106 Å². The summed E-state index contributed by atoms with van der Waals surface area (Å²) in [5.41, 5.74) is 0.196. The number of halogens is 1. The number of alkyl halides is 1. The van der Waals surface area contributed by atoms with Crippen molar-refractivity contribution in [2.75, 3.05) is 19.0 Å². The molecule has 0 aromatic carbocycles. The van der Waals surface area contributed by atoms with E-state index in [1.165, 1.54) is 0 Å². The van der Waals surface area contributed by atoms with Gasteiger partial charge in [0.05, 0.1) is 12.2 Å². The van der Waals surface area contributed by atoms with E-state index in [0.29, 0.717) is 11.9 Å². The van der Waals surface area contributed by atoms with E-state index in [9.17, 15) is 0 Å². The van der Waals surface area contributed by atoms with E-state index < -0.39 is 0 Å². The predicted octanol–water partition coefficient (Wildman–Crippen LogP) is 3.43. The number of ether oxygens (including phenoxy) is 1. The molecule has 98 valence electrons. The molecule has 0 rings (SSSR count). The lowest BCUT2D eigenvalue weighted by molar-refractivity contribution is -0.00284. The Bertz CT molecular complexity index is 181. The van der Waals surface area contributed by atoms with Crippen LogP contribution in [0, 0.1) is 5.41 Å². The molecule has 1 unspecified atom stereocenters. The van der Waals surface area contributed by atoms with Crippen molar-refractivity contribution < 1.29 is 4.74 Å². The first-order valence-electron chi connectivity index (χ1n) is 6.10. The summed E-state index contributed by atoms with van der Waals surface area (Å²) >= 11 is 5.82. The molecule has 0 amide bonds. The summed E-state index contributed by atoms with van der Waals surface area (Å²) in [5, 5.41) is 3.52. The Balaban J connectivity index is 3.86. The van der Waals surface area contributed by atoms with Crippen LogP contribution in [0.3, 0.4) is 0 Å². The highest BCUT2D eigenvalue weighted by Gasteiger charge is 2.23. The fourth-order valence-electron chi connectivity index (χ4n) is 1.54. The summed E-state index contributed by atoms with van der Waals surface area (Å²) in [6.07, 6.45) is 1.00. The first-order valence-corrected chi connectivity index (χ1v) is 6.63. The second kappa shape index (κ2) is 6.83. The Morgan fingerprint density at radius 1 is 1.12 bits per heavy atom. The average molecular weight is 250 g/mol. The monoisotopic (exact) mass is 249 g/mol. The van der Waals surface area contributed by atoms with Gasteiger partial charge in [-0.2, -0.15) is 0 Å². The molecule has 3 heteroatoms. The summed E-state index contributed by atoms with van der Waals surface area (Å²) < 4.78 is 5.68. The summed E-state index contributed by atoms with van der Waals surface area (Å²) in [4.78, 5) is 0. The van der Waals surface area contributed by atoms with Gasteiger partial charge < -0.3 is 10.1 Å². The molecular formula is C13H28ClNO. The Hall–Kier alpha value is 0.210. The van der Waals surface area contributed by atoms with Gasteiger partial charge in [0.1, 0.15) is 0 Å². The van der Waals surface area contributed by atoms with E-state index in [0.717, 1.165) is 19.6 Å². The van der Waals surface area contributed by atoms with Gasteiger partial charge in [-0.25, -0.2) is 0 Å². The molecule has 2 nitrogen and oxygen atoms in total. The normalized spacial score (nSPS) is 15.2. The van der Waals surface area contributed by atoms with Crippen LogP contribution >= 0.6 is 11.6 Å². The van der Waals surface area contributed by atoms with E-state index in [4.69, 9.17) is 16.3 Å². The smallest absolute Gasteiger partial charge is 0.0599 e. The van der Waals surface area contributed by atoms with Crippen LogP contribution in [0.4, 0.5) is 0 Å². The van der Waals surface area contributed by atoms with Crippen molar-refractivity contribution >= 4 is 11.6 Å². The number of hydrogen-bond donors (Lipinski definition) is 1. The minimum Gasteiger partial charge on any atom is -0.375 e. The standard InChI is InChI=1S/C13H28ClNO/c1-12(2,3)11(7-8-14)15-9-10-16-13(4,5)6/h11,15H,7-10H2,1-6H3. The van der Waals surface area contributed by atoms with Crippen molar-refractivity contribution in [2.45, 2.75) is 59.6 Å². The predicted molar refractivity (Wildman–Crippen MR) is 72.3 cm³/mol. The van der Waals surface area contributed by atoms with Crippen LogP contribution in [0.15, 0.2) is 0 Å². The van der Waals surface area contributed by atoms with E-state index in [-0.39, 0.29) is 11.0 Å². The third-order valence-electron chi connectivity index (χ3n) is 2.47. The molecule has 0 fully saturated rings. The fourth-order valence-corrected chi connectivity index (χ4v) is 1.76. The van der Waals surface area contributed by atoms with Gasteiger partial charge in [0, 0.05) is 18.5 Å². The molecule has 0 saturated carbocycles. The largest absolute Gasteiger partial charge is 0.375 e. The molecule has 0 aromatic rings. The molecule has 0 heterocycles. The summed E-state index contributed by atoms with van der Waals surface area (Å²) in [6.45, 7) is 14.6. The maximum Gasteiger partial charge on any atom is 0.0599 e. The number of rotatable bonds is 6. The van der Waals surface area contributed by atoms with Gasteiger partial charge in [0.15, 0.2) is 0 Å². The van der Waals surface area contributed by atoms with Crippen LogP contribution in [0.1, 0.15) is 48.0 Å². The molecule has 0 spiro atoms. The Kier molecular flexibility index (Phi) is 6.92. The lowest BCUT2D eigenvalue weighted by Crippen LogP contribution is -2.42. The SMILES string of the molecule is CC(C)(C)OCCNC(CCCl)C(C)(C)C. The molecule has 0 radical (unpaired) electrons. The first kappa shape index (κ1) is 16.2. The van der Waals surface area contributed by atoms with Gasteiger partial charge in [-0.05, 0) is 32.6 Å². The van der Waals surface area contributed by atoms with E-state index in [1.807, 2.05) is 0 Å². The third-order valence-corrected chi connectivity index (χ3v) is 2.69. The molecule has 16 heavy (non-hydrogen) atoms. The molecular weight excluding hydrogens is 222 g/mol. The zero-order chi connectivity index (χ0) is 12.8. The second-order valence-corrected chi connectivity index (χ2v) is 6.69. The quantitative estimate of drug-likeness (QED) is 0.575. The van der Waals surface area contributed by atoms with Crippen LogP contribution < -0.4 is 5.32 Å². The highest BCUT2D eigenvalue weighted by molar-refractivity contribution is 6.17. The molecule has 0 aliphatic carbocycles. The molecule has 0 saturated heterocycles. The van der Waals surface area contributed by atoms with Crippen molar-refractivity contribution in [3.05, 3.63) is 0 Å². The minimum absolute atomic E-state index is 0.0502. The second-order valence-electron chi connectivity index (χ2n) is 6.31. The summed E-state index contributed by atoms with van der Waals surface area (Å²) in [5.74, 6) is 0.703. The van der Waals surface area contributed by atoms with Crippen molar-refractivity contribution in [1.82, 2.24) is 5.32 Å². The maximum absolute atomic E-state index is 5.82. The van der Waals surface area contributed by atoms with Crippen LogP contribution in [-0.4, -0.2) is 30.7 Å². The van der Waals surface area contributed by atoms with Crippen molar-refractivity contribution in [3.63, 3.8) is 0 Å². The molecule has 0 aliphatic heterocycles. The van der Waals surface area contributed by atoms with Crippen molar-refractivity contribution in [2.24, 2.45) is 5.41 Å². The average Bonchev–Trinajstić information content (AvgIpc) is 2.06. The molecule has 1 N–H and O–H groups in total. The topological polar surface area (TPSA) is 21.3 Å². The van der Waals surface area contributed by atoms with Crippen molar-refractivity contribution in [3.8, 4) is 0 Å². The van der Waals surface area contributed by atoms with E-state index in [1.54, 1.807) is 0 Å². The third kappa shape index (κ3) is 8.37.